The van der Waals surface area contributed by atoms with Gasteiger partial charge in [-0.15, -0.1) is 0 Å². The van der Waals surface area contributed by atoms with Crippen LogP contribution in [0.4, 0.5) is 0 Å². The van der Waals surface area contributed by atoms with Gasteiger partial charge in [0.25, 0.3) is 0 Å². The molecule has 0 fully saturated rings. The zero-order valence-corrected chi connectivity index (χ0v) is 17.2. The van der Waals surface area contributed by atoms with E-state index in [1.165, 1.54) is 0 Å². The second-order valence-corrected chi connectivity index (χ2v) is 5.98. The molecule has 0 aromatic carbocycles. The van der Waals surface area contributed by atoms with E-state index >= 15 is 0 Å². The van der Waals surface area contributed by atoms with Crippen LogP contribution >= 0.6 is 0 Å². The topological polar surface area (TPSA) is 58.6 Å². The van der Waals surface area contributed by atoms with Crippen LogP contribution in [0.2, 0.25) is 0 Å². The molecule has 0 spiro atoms. The molecule has 0 atom stereocenters. The summed E-state index contributed by atoms with van der Waals surface area (Å²) >= 11 is 0. The first-order valence-electron chi connectivity index (χ1n) is 9.96. The van der Waals surface area contributed by atoms with Gasteiger partial charge in [-0.2, -0.15) is 0 Å². The Hall–Kier alpha value is -0.280. The van der Waals surface area contributed by atoms with Gasteiger partial charge in [0, 0.05) is 26.3 Å². The van der Waals surface area contributed by atoms with Crippen LogP contribution in [-0.2, 0) is 28.4 Å². The molecule has 0 bridgehead atoms. The fourth-order valence-corrected chi connectivity index (χ4v) is 1.93. The highest BCUT2D eigenvalue weighted by Crippen LogP contribution is 1.88. The Morgan fingerprint density at radius 3 is 1.00 bits per heavy atom. The average molecular weight is 380 g/mol. The fraction of sp³-hybridized carbons (Fsp3) is 1.00. The van der Waals surface area contributed by atoms with Crippen LogP contribution in [0.15, 0.2) is 0 Å². The number of likely N-dealkylation sites (N-methyl/N-ethyl adjacent to an activating group) is 1. The molecular formula is C19H41NO6. The maximum Gasteiger partial charge on any atom is 0.0701 e. The van der Waals surface area contributed by atoms with E-state index in [0.29, 0.717) is 66.1 Å². The molecule has 0 heterocycles. The summed E-state index contributed by atoms with van der Waals surface area (Å²) in [4.78, 5) is 2.19. The summed E-state index contributed by atoms with van der Waals surface area (Å²) < 4.78 is 32.6. The van der Waals surface area contributed by atoms with Crippen LogP contribution in [0.5, 0.6) is 0 Å². The fourth-order valence-electron chi connectivity index (χ4n) is 1.93. The minimum absolute atomic E-state index is 0.617. The lowest BCUT2D eigenvalue weighted by Crippen LogP contribution is -2.28. The molecule has 7 nitrogen and oxygen atoms in total. The van der Waals surface area contributed by atoms with Crippen molar-refractivity contribution in [1.29, 1.82) is 0 Å². The molecule has 0 saturated heterocycles. The predicted molar refractivity (Wildman–Crippen MR) is 103 cm³/mol. The third kappa shape index (κ3) is 21.8. The van der Waals surface area contributed by atoms with Crippen molar-refractivity contribution in [3.05, 3.63) is 0 Å². The van der Waals surface area contributed by atoms with E-state index in [0.717, 1.165) is 39.1 Å². The Balaban J connectivity index is 3.12. The summed E-state index contributed by atoms with van der Waals surface area (Å²) in [6.45, 7) is 14.0. The summed E-state index contributed by atoms with van der Waals surface area (Å²) in [6, 6.07) is 0. The lowest BCUT2D eigenvalue weighted by atomic mass is 10.5. The van der Waals surface area contributed by atoms with Crippen molar-refractivity contribution in [3.8, 4) is 0 Å². The van der Waals surface area contributed by atoms with Gasteiger partial charge in [-0.05, 0) is 19.9 Å². The molecule has 0 aliphatic heterocycles. The molecule has 0 aromatic heterocycles. The van der Waals surface area contributed by atoms with Crippen molar-refractivity contribution in [2.75, 3.05) is 99.4 Å². The summed E-state index contributed by atoms with van der Waals surface area (Å²) in [7, 11) is 2.07. The third-order valence-corrected chi connectivity index (χ3v) is 3.42. The van der Waals surface area contributed by atoms with Gasteiger partial charge in [0.2, 0.25) is 0 Å². The maximum absolute atomic E-state index is 5.55. The predicted octanol–water partition coefficient (Wildman–Crippen LogP) is 1.84. The van der Waals surface area contributed by atoms with Crippen LogP contribution in [-0.4, -0.2) is 104 Å². The minimum atomic E-state index is 0.617. The van der Waals surface area contributed by atoms with Gasteiger partial charge < -0.3 is 33.3 Å². The molecule has 0 rings (SSSR count). The zero-order chi connectivity index (χ0) is 19.1. The highest BCUT2D eigenvalue weighted by molar-refractivity contribution is 4.49. The van der Waals surface area contributed by atoms with Gasteiger partial charge in [0.15, 0.2) is 0 Å². The monoisotopic (exact) mass is 379 g/mol. The highest BCUT2D eigenvalue weighted by Gasteiger charge is 1.99. The average Bonchev–Trinajstić information content (AvgIpc) is 2.64. The Kier molecular flexibility index (Phi) is 22.5. The van der Waals surface area contributed by atoms with Gasteiger partial charge in [0.1, 0.15) is 0 Å². The first kappa shape index (κ1) is 25.7. The van der Waals surface area contributed by atoms with Crippen molar-refractivity contribution in [3.63, 3.8) is 0 Å². The van der Waals surface area contributed by atoms with Crippen LogP contribution in [0.1, 0.15) is 26.7 Å². The number of ether oxygens (including phenoxy) is 6. The SMILES string of the molecule is CCCOCCOCCOCCN(C)CCOCCOCCOCCC. The van der Waals surface area contributed by atoms with E-state index in [9.17, 15) is 0 Å². The van der Waals surface area contributed by atoms with Gasteiger partial charge in [-0.3, -0.25) is 0 Å². The van der Waals surface area contributed by atoms with Gasteiger partial charge >= 0.3 is 0 Å². The normalized spacial score (nSPS) is 11.5. The van der Waals surface area contributed by atoms with Crippen molar-refractivity contribution in [2.24, 2.45) is 0 Å². The number of hydrogen-bond acceptors (Lipinski definition) is 7. The Labute approximate surface area is 160 Å². The molecule has 26 heavy (non-hydrogen) atoms. The van der Waals surface area contributed by atoms with Crippen LogP contribution in [0.3, 0.4) is 0 Å². The Morgan fingerprint density at radius 2 is 0.692 bits per heavy atom. The van der Waals surface area contributed by atoms with E-state index in [2.05, 4.69) is 25.8 Å². The molecule has 0 saturated carbocycles. The van der Waals surface area contributed by atoms with E-state index in [4.69, 9.17) is 28.4 Å². The third-order valence-electron chi connectivity index (χ3n) is 3.42. The Morgan fingerprint density at radius 1 is 0.423 bits per heavy atom. The quantitative estimate of drug-likeness (QED) is 0.266. The van der Waals surface area contributed by atoms with Crippen LogP contribution in [0.25, 0.3) is 0 Å². The lowest BCUT2D eigenvalue weighted by Gasteiger charge is -2.16. The molecule has 158 valence electrons. The van der Waals surface area contributed by atoms with Crippen molar-refractivity contribution in [1.82, 2.24) is 4.90 Å². The maximum atomic E-state index is 5.55. The van der Waals surface area contributed by atoms with Crippen molar-refractivity contribution >= 4 is 0 Å². The summed E-state index contributed by atoms with van der Waals surface area (Å²) in [5.41, 5.74) is 0. The van der Waals surface area contributed by atoms with E-state index in [1.807, 2.05) is 0 Å². The van der Waals surface area contributed by atoms with Gasteiger partial charge in [-0.25, -0.2) is 0 Å². The number of rotatable bonds is 22. The lowest BCUT2D eigenvalue weighted by molar-refractivity contribution is 0.00476. The van der Waals surface area contributed by atoms with E-state index in [-0.39, 0.29) is 0 Å². The van der Waals surface area contributed by atoms with Crippen molar-refractivity contribution in [2.45, 2.75) is 26.7 Å². The molecule has 0 N–H and O–H groups in total. The molecule has 0 aliphatic rings. The standard InChI is InChI=1S/C19H41NO6/c1-4-8-21-12-16-25-18-14-23-10-6-20(3)7-11-24-15-19-26-17-13-22-9-5-2/h4-19H2,1-3H3. The molecule has 0 radical (unpaired) electrons. The summed E-state index contributed by atoms with van der Waals surface area (Å²) in [5.74, 6) is 0. The molecule has 0 unspecified atom stereocenters. The second-order valence-electron chi connectivity index (χ2n) is 5.98. The first-order chi connectivity index (χ1) is 12.8. The van der Waals surface area contributed by atoms with Gasteiger partial charge in [-0.1, -0.05) is 13.8 Å². The Bertz CT molecular complexity index is 234. The van der Waals surface area contributed by atoms with Crippen LogP contribution in [0, 0.1) is 0 Å². The van der Waals surface area contributed by atoms with Crippen LogP contribution < -0.4 is 0 Å². The smallest absolute Gasteiger partial charge is 0.0701 e. The molecule has 0 aliphatic carbocycles. The van der Waals surface area contributed by atoms with E-state index in [1.54, 1.807) is 0 Å². The summed E-state index contributed by atoms with van der Waals surface area (Å²) in [6.07, 6.45) is 2.09. The second kappa shape index (κ2) is 22.8. The first-order valence-corrected chi connectivity index (χ1v) is 9.96. The number of nitrogens with zero attached hydrogens (tertiary/aromatic N) is 1. The molecule has 0 aromatic rings. The number of hydrogen-bond donors (Lipinski definition) is 0. The minimum Gasteiger partial charge on any atom is -0.379 e. The molecular weight excluding hydrogens is 338 g/mol. The van der Waals surface area contributed by atoms with Crippen molar-refractivity contribution < 1.29 is 28.4 Å². The molecule has 0 amide bonds. The molecule has 7 heteroatoms. The highest BCUT2D eigenvalue weighted by atomic mass is 16.5. The zero-order valence-electron chi connectivity index (χ0n) is 17.2. The van der Waals surface area contributed by atoms with Gasteiger partial charge in [0.05, 0.1) is 66.1 Å². The summed E-state index contributed by atoms with van der Waals surface area (Å²) in [5, 5.41) is 0. The largest absolute Gasteiger partial charge is 0.379 e. The van der Waals surface area contributed by atoms with E-state index < -0.39 is 0 Å².